The molecule has 1 fully saturated rings. The first-order chi connectivity index (χ1) is 9.58. The summed E-state index contributed by atoms with van der Waals surface area (Å²) in [6.07, 6.45) is 5.24. The zero-order chi connectivity index (χ0) is 14.5. The Hall–Kier alpha value is -2.11. The van der Waals surface area contributed by atoms with E-state index in [1.54, 1.807) is 4.90 Å². The number of aliphatic carboxylic acids is 1. The van der Waals surface area contributed by atoms with Crippen LogP contribution in [0.3, 0.4) is 0 Å². The molecule has 108 valence electrons. The third-order valence-corrected chi connectivity index (χ3v) is 3.60. The van der Waals surface area contributed by atoms with Crippen molar-refractivity contribution in [3.05, 3.63) is 24.0 Å². The lowest BCUT2D eigenvalue weighted by Crippen LogP contribution is -2.40. The Morgan fingerprint density at radius 1 is 1.45 bits per heavy atom. The van der Waals surface area contributed by atoms with Crippen molar-refractivity contribution in [1.82, 2.24) is 9.88 Å². The van der Waals surface area contributed by atoms with E-state index in [-0.39, 0.29) is 29.6 Å². The van der Waals surface area contributed by atoms with Gasteiger partial charge in [-0.3, -0.25) is 14.6 Å². The van der Waals surface area contributed by atoms with E-state index in [1.165, 1.54) is 18.5 Å². The summed E-state index contributed by atoms with van der Waals surface area (Å²) in [7, 11) is 0. The molecule has 1 aliphatic rings. The van der Waals surface area contributed by atoms with E-state index >= 15 is 0 Å². The maximum absolute atomic E-state index is 12.3. The van der Waals surface area contributed by atoms with Crippen molar-refractivity contribution in [3.63, 3.8) is 0 Å². The number of piperidine rings is 1. The third-order valence-electron chi connectivity index (χ3n) is 3.60. The zero-order valence-electron chi connectivity index (χ0n) is 11.2. The van der Waals surface area contributed by atoms with Gasteiger partial charge in [-0.2, -0.15) is 0 Å². The number of carbonyl (C=O) groups excluding carboxylic acids is 1. The number of carboxylic acids is 1. The molecule has 2 heterocycles. The minimum Gasteiger partial charge on any atom is -0.505 e. The van der Waals surface area contributed by atoms with Crippen LogP contribution in [-0.4, -0.2) is 45.1 Å². The van der Waals surface area contributed by atoms with Crippen molar-refractivity contribution in [2.45, 2.75) is 25.7 Å². The van der Waals surface area contributed by atoms with Crippen molar-refractivity contribution < 1.29 is 19.8 Å². The molecular weight excluding hydrogens is 260 g/mol. The van der Waals surface area contributed by atoms with Crippen molar-refractivity contribution in [1.29, 1.82) is 0 Å². The number of likely N-dealkylation sites (tertiary alicyclic amines) is 1. The Morgan fingerprint density at radius 3 is 2.95 bits per heavy atom. The van der Waals surface area contributed by atoms with Crippen LogP contribution in [0.25, 0.3) is 0 Å². The lowest BCUT2D eigenvalue weighted by molar-refractivity contribution is -0.137. The fraction of sp³-hybridized carbons (Fsp3) is 0.500. The van der Waals surface area contributed by atoms with Crippen LogP contribution in [0.2, 0.25) is 0 Å². The van der Waals surface area contributed by atoms with Crippen LogP contribution in [0.15, 0.2) is 18.5 Å². The molecule has 0 bridgehead atoms. The molecule has 0 spiro atoms. The van der Waals surface area contributed by atoms with Crippen molar-refractivity contribution >= 4 is 11.9 Å². The number of amides is 1. The van der Waals surface area contributed by atoms with E-state index in [9.17, 15) is 14.7 Å². The molecule has 1 aromatic heterocycles. The molecule has 1 atom stereocenters. The molecule has 1 saturated heterocycles. The van der Waals surface area contributed by atoms with Gasteiger partial charge in [-0.05, 0) is 31.2 Å². The molecule has 0 unspecified atom stereocenters. The number of nitrogens with zero attached hydrogens (tertiary/aromatic N) is 2. The molecule has 0 aromatic carbocycles. The Bertz CT molecular complexity index is 504. The van der Waals surface area contributed by atoms with Gasteiger partial charge in [-0.15, -0.1) is 0 Å². The lowest BCUT2D eigenvalue weighted by Gasteiger charge is -2.32. The van der Waals surface area contributed by atoms with Crippen LogP contribution >= 0.6 is 0 Å². The van der Waals surface area contributed by atoms with Crippen LogP contribution in [0.1, 0.15) is 36.0 Å². The van der Waals surface area contributed by atoms with E-state index in [4.69, 9.17) is 5.11 Å². The van der Waals surface area contributed by atoms with E-state index in [1.807, 2.05) is 0 Å². The molecule has 6 nitrogen and oxygen atoms in total. The lowest BCUT2D eigenvalue weighted by atomic mass is 9.93. The first-order valence-electron chi connectivity index (χ1n) is 6.72. The molecule has 2 rings (SSSR count). The fourth-order valence-corrected chi connectivity index (χ4v) is 2.55. The van der Waals surface area contributed by atoms with Gasteiger partial charge < -0.3 is 15.1 Å². The number of carbonyl (C=O) groups is 2. The first-order valence-corrected chi connectivity index (χ1v) is 6.72. The predicted octanol–water partition coefficient (Wildman–Crippen LogP) is 1.50. The average molecular weight is 278 g/mol. The van der Waals surface area contributed by atoms with E-state index < -0.39 is 5.97 Å². The highest BCUT2D eigenvalue weighted by Gasteiger charge is 2.26. The van der Waals surface area contributed by atoms with Gasteiger partial charge in [0, 0.05) is 25.7 Å². The van der Waals surface area contributed by atoms with E-state index in [0.29, 0.717) is 19.5 Å². The second-order valence-corrected chi connectivity index (χ2v) is 5.08. The topological polar surface area (TPSA) is 90.7 Å². The quantitative estimate of drug-likeness (QED) is 0.871. The summed E-state index contributed by atoms with van der Waals surface area (Å²) in [5.74, 6) is -0.928. The van der Waals surface area contributed by atoms with Crippen molar-refractivity contribution in [2.75, 3.05) is 13.1 Å². The van der Waals surface area contributed by atoms with Crippen LogP contribution in [0, 0.1) is 5.92 Å². The standard InChI is InChI=1S/C14H18N2O4/c17-12-8-15-6-5-11(12)14(20)16-7-1-2-10(9-16)3-4-13(18)19/h5-6,8,10,17H,1-4,7,9H2,(H,18,19)/t10-/m1/s1. The van der Waals surface area contributed by atoms with Gasteiger partial charge in [-0.1, -0.05) is 0 Å². The normalized spacial score (nSPS) is 18.8. The summed E-state index contributed by atoms with van der Waals surface area (Å²) >= 11 is 0. The number of aromatic hydroxyl groups is 1. The maximum Gasteiger partial charge on any atom is 0.303 e. The highest BCUT2D eigenvalue weighted by molar-refractivity contribution is 5.96. The number of hydrogen-bond donors (Lipinski definition) is 2. The van der Waals surface area contributed by atoms with Crippen LogP contribution in [-0.2, 0) is 4.79 Å². The van der Waals surface area contributed by atoms with Gasteiger partial charge in [0.25, 0.3) is 5.91 Å². The van der Waals surface area contributed by atoms with Crippen molar-refractivity contribution in [3.8, 4) is 5.75 Å². The monoisotopic (exact) mass is 278 g/mol. The molecule has 20 heavy (non-hydrogen) atoms. The molecule has 1 aromatic rings. The molecule has 1 amide bonds. The second kappa shape index (κ2) is 6.36. The van der Waals surface area contributed by atoms with Crippen molar-refractivity contribution in [2.24, 2.45) is 5.92 Å². The average Bonchev–Trinajstić information content (AvgIpc) is 2.45. The van der Waals surface area contributed by atoms with Gasteiger partial charge in [-0.25, -0.2) is 0 Å². The number of carboxylic acid groups (broad SMARTS) is 1. The maximum atomic E-state index is 12.3. The molecule has 0 saturated carbocycles. The van der Waals surface area contributed by atoms with E-state index in [0.717, 1.165) is 12.8 Å². The summed E-state index contributed by atoms with van der Waals surface area (Å²) in [5, 5.41) is 18.4. The molecule has 6 heteroatoms. The highest BCUT2D eigenvalue weighted by atomic mass is 16.4. The first kappa shape index (κ1) is 14.3. The number of rotatable bonds is 4. The van der Waals surface area contributed by atoms with Crippen LogP contribution in [0.5, 0.6) is 5.75 Å². The summed E-state index contributed by atoms with van der Waals surface area (Å²) < 4.78 is 0. The van der Waals surface area contributed by atoms with Crippen LogP contribution in [0.4, 0.5) is 0 Å². The Labute approximate surface area is 117 Å². The second-order valence-electron chi connectivity index (χ2n) is 5.08. The van der Waals surface area contributed by atoms with Gasteiger partial charge in [0.15, 0.2) is 0 Å². The highest BCUT2D eigenvalue weighted by Crippen LogP contribution is 2.24. The largest absolute Gasteiger partial charge is 0.505 e. The summed E-state index contributed by atoms with van der Waals surface area (Å²) in [5.41, 5.74) is 0.249. The van der Waals surface area contributed by atoms with Gasteiger partial charge in [0.1, 0.15) is 5.75 Å². The third kappa shape index (κ3) is 3.46. The smallest absolute Gasteiger partial charge is 0.303 e. The van der Waals surface area contributed by atoms with E-state index in [2.05, 4.69) is 4.98 Å². The Balaban J connectivity index is 2.00. The minimum atomic E-state index is -0.805. The minimum absolute atomic E-state index is 0.120. The van der Waals surface area contributed by atoms with Gasteiger partial charge >= 0.3 is 5.97 Å². The number of pyridine rings is 1. The molecule has 0 aliphatic carbocycles. The Kier molecular flexibility index (Phi) is 4.55. The number of hydrogen-bond acceptors (Lipinski definition) is 4. The SMILES string of the molecule is O=C(O)CC[C@H]1CCCN(C(=O)c2ccncc2O)C1. The summed E-state index contributed by atoms with van der Waals surface area (Å²) in [6, 6.07) is 1.50. The van der Waals surface area contributed by atoms with Gasteiger partial charge in [0.05, 0.1) is 11.8 Å². The van der Waals surface area contributed by atoms with Crippen LogP contribution < -0.4 is 0 Å². The zero-order valence-corrected chi connectivity index (χ0v) is 11.2. The summed E-state index contributed by atoms with van der Waals surface area (Å²) in [6.45, 7) is 1.19. The Morgan fingerprint density at radius 2 is 2.25 bits per heavy atom. The number of aromatic nitrogens is 1. The molecule has 2 N–H and O–H groups in total. The molecule has 1 aliphatic heterocycles. The van der Waals surface area contributed by atoms with Gasteiger partial charge in [0.2, 0.25) is 0 Å². The fourth-order valence-electron chi connectivity index (χ4n) is 2.55. The molecule has 0 radical (unpaired) electrons. The predicted molar refractivity (Wildman–Crippen MR) is 71.4 cm³/mol. The molecular formula is C14H18N2O4. The summed E-state index contributed by atoms with van der Waals surface area (Å²) in [4.78, 5) is 28.4.